The van der Waals surface area contributed by atoms with E-state index in [0.29, 0.717) is 0 Å². The van der Waals surface area contributed by atoms with Gasteiger partial charge in [0.15, 0.2) is 0 Å². The molecule has 77 heavy (non-hydrogen) atoms. The first-order chi connectivity index (χ1) is 38.1. The largest absolute Gasteiger partial charge is 0.139 e. The fraction of sp³-hybridized carbons (Fsp3) is 0.600. The average Bonchev–Trinajstić information content (AvgIpc) is 4.50. The van der Waals surface area contributed by atoms with Gasteiger partial charge in [0, 0.05) is 68.3 Å². The van der Waals surface area contributed by atoms with Crippen LogP contribution in [-0.4, -0.2) is 0 Å². The van der Waals surface area contributed by atoms with Crippen LogP contribution < -0.4 is 0 Å². The van der Waals surface area contributed by atoms with Gasteiger partial charge in [0.05, 0.1) is 0 Å². The minimum atomic E-state index is 0.759. The second-order valence-electron chi connectivity index (χ2n) is 28.6. The summed E-state index contributed by atoms with van der Waals surface area (Å²) in [6.45, 7) is 0. The lowest BCUT2D eigenvalue weighted by atomic mass is 9.64. The Morgan fingerprint density at radius 2 is 0.351 bits per heavy atom. The molecule has 0 amide bonds. The molecule has 0 spiro atoms. The lowest BCUT2D eigenvalue weighted by Crippen LogP contribution is -2.23. The fourth-order valence-electron chi connectivity index (χ4n) is 22.1. The highest BCUT2D eigenvalue weighted by atomic mass is 32.1. The van der Waals surface area contributed by atoms with E-state index in [0.717, 1.165) is 82.9 Å². The van der Waals surface area contributed by atoms with Gasteiger partial charge in [-0.1, -0.05) is 0 Å². The SMILES string of the molecule is c1c(-c2sc(-c3sc(-c4sc(-c5sc(-c6sc(-c7cc8c(s7)C7CCC8CC7)c7c6C6CCC7CC6)c6c5C5CCC6CC5)c5c4C4CCC5CC4)c4c3C3CCC4CC3)c3c2C2CCC3CC2)sc2c1C1CCC2CC1. The van der Waals surface area contributed by atoms with Crippen molar-refractivity contribution in [1.82, 2.24) is 0 Å². The quantitative estimate of drug-likeness (QED) is 0.156. The van der Waals surface area contributed by atoms with Gasteiger partial charge in [0.2, 0.25) is 0 Å². The van der Waals surface area contributed by atoms with Crippen molar-refractivity contribution >= 4 is 79.4 Å². The molecule has 7 aromatic heterocycles. The standard InChI is InChI=1S/C70H72S7/c1-25-43-26-2-31(1)45-29-47(71-59(43)45)61-49-33-5-9-35(10-6-33)51(49)63(73-61)65-53-37-13-17-39(18-14-37)55(53)67(75-65)69-57-41-21-23-42(24-22-41)58(57)70(77-69)68-56-40-19-15-38(16-20-40)54(56)66(76-68)64-52-36-11-7-34(8-12-36)50(52)62(74-64)48-30-46-32-3-27-44(28-4-32)60(46)72-48/h29-44H,1-28H2. The average molecular weight is 1140 g/mol. The summed E-state index contributed by atoms with van der Waals surface area (Å²) in [5, 5.41) is 0. The van der Waals surface area contributed by atoms with Crippen molar-refractivity contribution in [2.24, 2.45) is 0 Å². The molecule has 394 valence electrons. The third-order valence-electron chi connectivity index (χ3n) is 25.6. The van der Waals surface area contributed by atoms with Crippen LogP contribution >= 0.6 is 79.4 Å². The van der Waals surface area contributed by atoms with Crippen molar-refractivity contribution in [2.75, 3.05) is 0 Å². The van der Waals surface area contributed by atoms with Crippen LogP contribution in [0.3, 0.4) is 0 Å². The monoisotopic (exact) mass is 1140 g/mol. The van der Waals surface area contributed by atoms with Gasteiger partial charge in [-0.3, -0.25) is 0 Å². The molecule has 28 rings (SSSR count). The third-order valence-corrected chi connectivity index (χ3v) is 35.3. The maximum absolute atomic E-state index is 2.79. The molecule has 21 aliphatic rings. The van der Waals surface area contributed by atoms with Crippen LogP contribution in [0, 0.1) is 0 Å². The predicted molar refractivity (Wildman–Crippen MR) is 332 cm³/mol. The first kappa shape index (κ1) is 45.4. The van der Waals surface area contributed by atoms with Crippen molar-refractivity contribution in [2.45, 2.75) is 263 Å². The van der Waals surface area contributed by atoms with Crippen molar-refractivity contribution in [3.05, 3.63) is 88.6 Å². The lowest BCUT2D eigenvalue weighted by molar-refractivity contribution is 0.358. The van der Waals surface area contributed by atoms with Crippen LogP contribution in [0.4, 0.5) is 0 Å². The first-order valence-corrected chi connectivity index (χ1v) is 38.0. The van der Waals surface area contributed by atoms with Crippen LogP contribution in [0.5, 0.6) is 0 Å². The maximum Gasteiger partial charge on any atom is 0.0490 e. The van der Waals surface area contributed by atoms with E-state index in [1.54, 1.807) is 50.1 Å². The van der Waals surface area contributed by atoms with Crippen LogP contribution in [0.2, 0.25) is 0 Å². The van der Waals surface area contributed by atoms with Gasteiger partial charge >= 0.3 is 0 Å². The summed E-state index contributed by atoms with van der Waals surface area (Å²) >= 11 is 16.4. The summed E-state index contributed by atoms with van der Waals surface area (Å²) in [5.74, 6) is 11.1. The van der Waals surface area contributed by atoms with Gasteiger partial charge in [-0.2, -0.15) is 0 Å². The molecular formula is C70H72S7. The molecule has 0 aromatic carbocycles. The number of fused-ring (bicyclic) bond motifs is 14. The summed E-state index contributed by atoms with van der Waals surface area (Å²) in [7, 11) is 0. The van der Waals surface area contributed by atoms with Crippen LogP contribution in [0.1, 0.15) is 339 Å². The molecule has 0 nitrogen and oxygen atoms in total. The predicted octanol–water partition coefficient (Wildman–Crippen LogP) is 24.4. The molecule has 7 aromatic rings. The molecule has 7 heteroatoms. The van der Waals surface area contributed by atoms with Crippen LogP contribution in [0.25, 0.3) is 58.5 Å². The lowest BCUT2D eigenvalue weighted by Gasteiger charge is -2.40. The zero-order valence-corrected chi connectivity index (χ0v) is 50.6. The van der Waals surface area contributed by atoms with Crippen molar-refractivity contribution in [3.8, 4) is 58.5 Å². The molecule has 0 N–H and O–H groups in total. The van der Waals surface area contributed by atoms with E-state index >= 15 is 0 Å². The van der Waals surface area contributed by atoms with Gasteiger partial charge in [-0.15, -0.1) is 79.4 Å². The van der Waals surface area contributed by atoms with E-state index in [-0.39, 0.29) is 0 Å². The van der Waals surface area contributed by atoms with Gasteiger partial charge in [0.25, 0.3) is 0 Å². The Morgan fingerprint density at radius 3 is 0.558 bits per heavy atom. The van der Waals surface area contributed by atoms with Crippen molar-refractivity contribution in [3.63, 3.8) is 0 Å². The Labute approximate surface area is 485 Å². The maximum atomic E-state index is 2.79. The molecule has 0 saturated heterocycles. The Kier molecular flexibility index (Phi) is 9.65. The van der Waals surface area contributed by atoms with Gasteiger partial charge in [-0.25, -0.2) is 0 Å². The second-order valence-corrected chi connectivity index (χ2v) is 35.9. The van der Waals surface area contributed by atoms with Crippen LogP contribution in [-0.2, 0) is 0 Å². The smallest absolute Gasteiger partial charge is 0.0490 e. The number of thiophene rings is 7. The molecule has 7 fully saturated rings. The highest BCUT2D eigenvalue weighted by molar-refractivity contribution is 7.32. The molecule has 7 heterocycles. The molecule has 7 saturated carbocycles. The first-order valence-electron chi connectivity index (χ1n) is 32.2. The summed E-state index contributed by atoms with van der Waals surface area (Å²) < 4.78 is 0. The number of hydrogen-bond donors (Lipinski definition) is 0. The third kappa shape index (κ3) is 6.02. The molecule has 0 atom stereocenters. The molecule has 21 aliphatic carbocycles. The Balaban J connectivity index is 0.766. The fourth-order valence-corrected chi connectivity index (χ4v) is 33.1. The van der Waals surface area contributed by atoms with E-state index in [2.05, 4.69) is 91.5 Å². The highest BCUT2D eigenvalue weighted by Gasteiger charge is 2.50. The summed E-state index contributed by atoms with van der Waals surface area (Å²) in [5.41, 5.74) is 22.5. The zero-order valence-electron chi connectivity index (χ0n) is 44.9. The zero-order chi connectivity index (χ0) is 49.3. The van der Waals surface area contributed by atoms with Gasteiger partial charge in [-0.05, 0) is 342 Å². The second kappa shape index (κ2) is 16.4. The summed E-state index contributed by atoms with van der Waals surface area (Å²) in [6.07, 6.45) is 40.3. The Bertz CT molecular complexity index is 3360. The van der Waals surface area contributed by atoms with Crippen molar-refractivity contribution < 1.29 is 0 Å². The Hall–Kier alpha value is -2.10. The highest BCUT2D eigenvalue weighted by Crippen LogP contribution is 2.71. The Morgan fingerprint density at radius 1 is 0.182 bits per heavy atom. The minimum Gasteiger partial charge on any atom is -0.139 e. The number of rotatable bonds is 6. The molecule has 0 unspecified atom stereocenters. The van der Waals surface area contributed by atoms with Crippen LogP contribution in [0.15, 0.2) is 12.1 Å². The summed E-state index contributed by atoms with van der Waals surface area (Å²) in [4.78, 5) is 24.9. The number of hydrogen-bond acceptors (Lipinski definition) is 7. The molecule has 0 aliphatic heterocycles. The molecule has 0 radical (unpaired) electrons. The van der Waals surface area contributed by atoms with E-state index in [1.807, 2.05) is 84.9 Å². The van der Waals surface area contributed by atoms with Crippen molar-refractivity contribution in [1.29, 1.82) is 0 Å². The van der Waals surface area contributed by atoms with E-state index < -0.39 is 0 Å². The minimum absolute atomic E-state index is 0.759. The summed E-state index contributed by atoms with van der Waals surface area (Å²) in [6, 6.07) is 5.57. The van der Waals surface area contributed by atoms with E-state index in [4.69, 9.17) is 0 Å². The molecule has 14 bridgehead atoms. The topological polar surface area (TPSA) is 0 Å². The van der Waals surface area contributed by atoms with E-state index in [9.17, 15) is 0 Å². The molecular weight excluding hydrogens is 1070 g/mol. The van der Waals surface area contributed by atoms with Gasteiger partial charge in [0.1, 0.15) is 0 Å². The van der Waals surface area contributed by atoms with Gasteiger partial charge < -0.3 is 0 Å². The normalized spacial score (nSPS) is 35.4. The van der Waals surface area contributed by atoms with E-state index in [1.165, 1.54) is 180 Å².